The van der Waals surface area contributed by atoms with Gasteiger partial charge in [0.05, 0.1) is 0 Å². The molecule has 0 heterocycles. The van der Waals surface area contributed by atoms with Crippen LogP contribution in [0.1, 0.15) is 25.3 Å². The van der Waals surface area contributed by atoms with Gasteiger partial charge in [-0.1, -0.05) is 0 Å². The molecule has 2 aromatic carbocycles. The zero-order chi connectivity index (χ0) is 14.2. The zero-order valence-corrected chi connectivity index (χ0v) is 14.8. The van der Waals surface area contributed by atoms with Crippen LogP contribution in [0.25, 0.3) is 0 Å². The van der Waals surface area contributed by atoms with Crippen molar-refractivity contribution in [3.05, 3.63) is 54.1 Å². The van der Waals surface area contributed by atoms with Crippen LogP contribution in [0.3, 0.4) is 0 Å². The van der Waals surface area contributed by atoms with E-state index < -0.39 is 0 Å². The molecule has 0 aromatic heterocycles. The SMILES string of the molecule is CCC[CH2][Sn][c]1ccc(COc2ccc(N)cc2)cc1. The Morgan fingerprint density at radius 1 is 1.00 bits per heavy atom. The standard InChI is InChI=1S/C13H12NO.C4H9.Sn/c14-12-6-8-13(9-7-12)15-10-11-4-2-1-3-5-11;1-3-4-2;/h2-9H,10,14H2;1,3-4H2,2H3;. The third-order valence-corrected chi connectivity index (χ3v) is 6.94. The van der Waals surface area contributed by atoms with Crippen LogP contribution in [-0.4, -0.2) is 21.1 Å². The van der Waals surface area contributed by atoms with Crippen molar-refractivity contribution in [1.29, 1.82) is 0 Å². The fraction of sp³-hybridized carbons (Fsp3) is 0.294. The van der Waals surface area contributed by atoms with Gasteiger partial charge in [-0.15, -0.1) is 0 Å². The Labute approximate surface area is 131 Å². The summed E-state index contributed by atoms with van der Waals surface area (Å²) in [6.45, 7) is 2.88. The molecule has 0 fully saturated rings. The van der Waals surface area contributed by atoms with Gasteiger partial charge in [0.15, 0.2) is 0 Å². The number of anilines is 1. The summed E-state index contributed by atoms with van der Waals surface area (Å²) in [7, 11) is 0. The van der Waals surface area contributed by atoms with Crippen LogP contribution in [0.5, 0.6) is 5.75 Å². The number of hydrogen-bond donors (Lipinski definition) is 1. The minimum absolute atomic E-state index is 0.339. The molecule has 20 heavy (non-hydrogen) atoms. The zero-order valence-electron chi connectivity index (χ0n) is 11.9. The average Bonchev–Trinajstić information content (AvgIpc) is 2.48. The molecule has 0 unspecified atom stereocenters. The Kier molecular flexibility index (Phi) is 6.24. The first-order chi connectivity index (χ1) is 9.78. The third kappa shape index (κ3) is 5.08. The van der Waals surface area contributed by atoms with E-state index in [1.807, 2.05) is 24.3 Å². The molecule has 0 spiro atoms. The minimum atomic E-state index is -0.339. The molecular weight excluding hydrogens is 353 g/mol. The first kappa shape index (κ1) is 15.2. The molecule has 2 nitrogen and oxygen atoms in total. The number of unbranched alkanes of at least 4 members (excludes halogenated alkanes) is 1. The van der Waals surface area contributed by atoms with Crippen LogP contribution in [0, 0.1) is 0 Å². The molecule has 2 radical (unpaired) electrons. The third-order valence-electron chi connectivity index (χ3n) is 3.10. The summed E-state index contributed by atoms with van der Waals surface area (Å²) in [4.78, 5) is 0. The number of benzene rings is 2. The van der Waals surface area contributed by atoms with Gasteiger partial charge in [-0.2, -0.15) is 0 Å². The molecule has 104 valence electrons. The molecule has 0 saturated heterocycles. The fourth-order valence-corrected chi connectivity index (χ4v) is 5.34. The van der Waals surface area contributed by atoms with E-state index in [0.29, 0.717) is 6.61 Å². The van der Waals surface area contributed by atoms with E-state index in [1.54, 1.807) is 3.58 Å². The maximum absolute atomic E-state index is 5.74. The molecule has 0 amide bonds. The van der Waals surface area contributed by atoms with Gasteiger partial charge in [-0.3, -0.25) is 0 Å². The van der Waals surface area contributed by atoms with E-state index in [0.717, 1.165) is 11.4 Å². The molecular formula is C17H21NOSn. The van der Waals surface area contributed by atoms with E-state index in [-0.39, 0.29) is 21.1 Å². The van der Waals surface area contributed by atoms with Crippen LogP contribution < -0.4 is 14.0 Å². The summed E-state index contributed by atoms with van der Waals surface area (Å²) in [5.74, 6) is 0.864. The first-order valence-corrected chi connectivity index (χ1v) is 10.5. The van der Waals surface area contributed by atoms with Crippen molar-refractivity contribution < 1.29 is 4.74 Å². The Morgan fingerprint density at radius 2 is 1.70 bits per heavy atom. The molecule has 0 aliphatic rings. The van der Waals surface area contributed by atoms with E-state index in [2.05, 4.69) is 31.2 Å². The average molecular weight is 374 g/mol. The van der Waals surface area contributed by atoms with Crippen LogP contribution in [0.2, 0.25) is 4.44 Å². The number of hydrogen-bond acceptors (Lipinski definition) is 2. The van der Waals surface area contributed by atoms with Gasteiger partial charge in [0, 0.05) is 0 Å². The number of nitrogen functional groups attached to an aromatic ring is 1. The summed E-state index contributed by atoms with van der Waals surface area (Å²) in [5.41, 5.74) is 7.64. The van der Waals surface area contributed by atoms with E-state index >= 15 is 0 Å². The summed E-state index contributed by atoms with van der Waals surface area (Å²) in [6, 6.07) is 16.5. The number of rotatable bonds is 7. The number of nitrogens with two attached hydrogens (primary N) is 1. The van der Waals surface area contributed by atoms with Crippen molar-refractivity contribution in [2.24, 2.45) is 0 Å². The predicted octanol–water partition coefficient (Wildman–Crippen LogP) is 3.40. The van der Waals surface area contributed by atoms with E-state index in [4.69, 9.17) is 10.5 Å². The second-order valence-electron chi connectivity index (χ2n) is 4.83. The van der Waals surface area contributed by atoms with Crippen molar-refractivity contribution in [2.45, 2.75) is 30.8 Å². The molecule has 0 aliphatic carbocycles. The summed E-state index contributed by atoms with van der Waals surface area (Å²) in [5, 5.41) is 0. The van der Waals surface area contributed by atoms with Gasteiger partial charge < -0.3 is 0 Å². The second kappa shape index (κ2) is 8.20. The van der Waals surface area contributed by atoms with Crippen LogP contribution in [0.15, 0.2) is 48.5 Å². The van der Waals surface area contributed by atoms with Crippen LogP contribution >= 0.6 is 0 Å². The fourth-order valence-electron chi connectivity index (χ4n) is 1.86. The molecule has 0 atom stereocenters. The van der Waals surface area contributed by atoms with Gasteiger partial charge in [-0.25, -0.2) is 0 Å². The molecule has 0 aliphatic heterocycles. The Hall–Kier alpha value is -1.16. The van der Waals surface area contributed by atoms with Crippen molar-refractivity contribution in [3.63, 3.8) is 0 Å². The van der Waals surface area contributed by atoms with Crippen LogP contribution in [-0.2, 0) is 6.61 Å². The van der Waals surface area contributed by atoms with Gasteiger partial charge in [0.1, 0.15) is 0 Å². The second-order valence-corrected chi connectivity index (χ2v) is 8.92. The van der Waals surface area contributed by atoms with Crippen molar-refractivity contribution in [1.82, 2.24) is 0 Å². The Balaban J connectivity index is 1.82. The molecule has 0 bridgehead atoms. The van der Waals surface area contributed by atoms with Crippen molar-refractivity contribution >= 4 is 30.4 Å². The molecule has 2 aromatic rings. The van der Waals surface area contributed by atoms with Gasteiger partial charge >= 0.3 is 132 Å². The van der Waals surface area contributed by atoms with E-state index in [1.165, 1.54) is 22.8 Å². The Morgan fingerprint density at radius 3 is 2.35 bits per heavy atom. The monoisotopic (exact) mass is 375 g/mol. The van der Waals surface area contributed by atoms with Crippen molar-refractivity contribution in [3.8, 4) is 5.75 Å². The molecule has 3 heteroatoms. The number of ether oxygens (including phenoxy) is 1. The summed E-state index contributed by atoms with van der Waals surface area (Å²) in [6.07, 6.45) is 2.70. The summed E-state index contributed by atoms with van der Waals surface area (Å²) >= 11 is -0.339. The topological polar surface area (TPSA) is 35.2 Å². The van der Waals surface area contributed by atoms with Gasteiger partial charge in [-0.05, 0) is 0 Å². The molecule has 2 N–H and O–H groups in total. The molecule has 0 saturated carbocycles. The van der Waals surface area contributed by atoms with Gasteiger partial charge in [0.25, 0.3) is 0 Å². The van der Waals surface area contributed by atoms with Crippen LogP contribution in [0.4, 0.5) is 5.69 Å². The Bertz CT molecular complexity index is 508. The summed E-state index contributed by atoms with van der Waals surface area (Å²) < 4.78 is 8.77. The van der Waals surface area contributed by atoms with Gasteiger partial charge in [0.2, 0.25) is 0 Å². The first-order valence-electron chi connectivity index (χ1n) is 7.09. The van der Waals surface area contributed by atoms with Crippen molar-refractivity contribution in [2.75, 3.05) is 5.73 Å². The quantitative estimate of drug-likeness (QED) is 0.458. The molecule has 2 rings (SSSR count). The van der Waals surface area contributed by atoms with E-state index in [9.17, 15) is 0 Å². The predicted molar refractivity (Wildman–Crippen MR) is 86.7 cm³/mol. The maximum atomic E-state index is 5.74. The normalized spacial score (nSPS) is 10.4.